The van der Waals surface area contributed by atoms with E-state index in [1.54, 1.807) is 19.4 Å². The number of anilines is 1. The van der Waals surface area contributed by atoms with Gasteiger partial charge < -0.3 is 20.1 Å². The molecule has 0 aliphatic carbocycles. The molecule has 1 unspecified atom stereocenters. The maximum absolute atomic E-state index is 6.29. The Bertz CT molecular complexity index is 987. The molecule has 4 rings (SSSR count). The number of hydrogen-bond acceptors (Lipinski definition) is 4. The Morgan fingerprint density at radius 1 is 1.23 bits per heavy atom. The van der Waals surface area contributed by atoms with Crippen molar-refractivity contribution in [2.45, 2.75) is 25.6 Å². The van der Waals surface area contributed by atoms with Gasteiger partial charge in [-0.25, -0.2) is 9.97 Å². The van der Waals surface area contributed by atoms with E-state index >= 15 is 0 Å². The van der Waals surface area contributed by atoms with Gasteiger partial charge in [0.2, 0.25) is 0 Å². The summed E-state index contributed by atoms with van der Waals surface area (Å²) in [4.78, 5) is 15.1. The van der Waals surface area contributed by atoms with Crippen molar-refractivity contribution in [2.75, 3.05) is 25.0 Å². The number of aromatic nitrogens is 3. The summed E-state index contributed by atoms with van der Waals surface area (Å²) in [5.41, 5.74) is 2.46. The highest BCUT2D eigenvalue weighted by Gasteiger charge is 2.25. The standard InChI is InChI=1S/C22H26ClN7/c1-24-22(28-19-7-10-30(15-19)21-20(23)6-3-8-26-21)27-13-17-4-2-5-18(12-17)14-29-11-9-25-16-29/h2-6,8-9,11-12,16,19H,7,10,13-15H2,1H3,(H2,24,27,28). The first-order chi connectivity index (χ1) is 14.7. The van der Waals surface area contributed by atoms with Crippen molar-refractivity contribution in [1.82, 2.24) is 25.2 Å². The minimum atomic E-state index is 0.293. The van der Waals surface area contributed by atoms with Crippen molar-refractivity contribution >= 4 is 23.4 Å². The van der Waals surface area contributed by atoms with Gasteiger partial charge in [-0.05, 0) is 29.7 Å². The fourth-order valence-corrected chi connectivity index (χ4v) is 3.92. The molecule has 1 aliphatic heterocycles. The molecule has 156 valence electrons. The molecule has 1 aliphatic rings. The Morgan fingerprint density at radius 3 is 2.93 bits per heavy atom. The molecule has 0 amide bonds. The molecule has 7 nitrogen and oxygen atoms in total. The second kappa shape index (κ2) is 9.63. The lowest BCUT2D eigenvalue weighted by atomic mass is 10.1. The quantitative estimate of drug-likeness (QED) is 0.471. The van der Waals surface area contributed by atoms with Crippen molar-refractivity contribution in [2.24, 2.45) is 4.99 Å². The van der Waals surface area contributed by atoms with E-state index in [9.17, 15) is 0 Å². The SMILES string of the molecule is CN=C(NCc1cccc(Cn2ccnc2)c1)NC1CCN(c2ncccc2Cl)C1. The fourth-order valence-electron chi connectivity index (χ4n) is 3.68. The maximum Gasteiger partial charge on any atom is 0.191 e. The number of pyridine rings is 1. The number of imidazole rings is 1. The van der Waals surface area contributed by atoms with Crippen LogP contribution in [0.3, 0.4) is 0 Å². The first kappa shape index (κ1) is 20.2. The van der Waals surface area contributed by atoms with Crippen LogP contribution in [-0.4, -0.2) is 46.7 Å². The van der Waals surface area contributed by atoms with E-state index in [1.165, 1.54) is 11.1 Å². The minimum Gasteiger partial charge on any atom is -0.353 e. The zero-order chi connectivity index (χ0) is 20.8. The van der Waals surface area contributed by atoms with E-state index in [0.717, 1.165) is 37.8 Å². The van der Waals surface area contributed by atoms with Crippen LogP contribution < -0.4 is 15.5 Å². The summed E-state index contributed by atoms with van der Waals surface area (Å²) in [5, 5.41) is 7.64. The lowest BCUT2D eigenvalue weighted by Gasteiger charge is -2.20. The van der Waals surface area contributed by atoms with Gasteiger partial charge in [-0.1, -0.05) is 35.9 Å². The van der Waals surface area contributed by atoms with Crippen molar-refractivity contribution in [3.05, 3.63) is 77.5 Å². The number of rotatable bonds is 6. The molecule has 1 aromatic carbocycles. The van der Waals surface area contributed by atoms with Crippen LogP contribution in [0, 0.1) is 0 Å². The summed E-state index contributed by atoms with van der Waals surface area (Å²) < 4.78 is 2.06. The van der Waals surface area contributed by atoms with Crippen LogP contribution in [0.5, 0.6) is 0 Å². The average Bonchev–Trinajstić information content (AvgIpc) is 3.44. The van der Waals surface area contributed by atoms with Crippen LogP contribution in [0.4, 0.5) is 5.82 Å². The Morgan fingerprint density at radius 2 is 2.13 bits per heavy atom. The smallest absolute Gasteiger partial charge is 0.191 e. The Labute approximate surface area is 181 Å². The molecule has 1 atom stereocenters. The van der Waals surface area contributed by atoms with Crippen molar-refractivity contribution in [3.63, 3.8) is 0 Å². The second-order valence-corrected chi connectivity index (χ2v) is 7.77. The van der Waals surface area contributed by atoms with Gasteiger partial charge in [-0.15, -0.1) is 0 Å². The van der Waals surface area contributed by atoms with Gasteiger partial charge in [-0.2, -0.15) is 0 Å². The van der Waals surface area contributed by atoms with E-state index in [4.69, 9.17) is 11.6 Å². The topological polar surface area (TPSA) is 70.4 Å². The lowest BCUT2D eigenvalue weighted by Crippen LogP contribution is -2.44. The Hall–Kier alpha value is -3.06. The van der Waals surface area contributed by atoms with Crippen LogP contribution >= 0.6 is 11.6 Å². The molecule has 2 aromatic heterocycles. The molecule has 8 heteroatoms. The van der Waals surface area contributed by atoms with Gasteiger partial charge in [0, 0.05) is 57.9 Å². The maximum atomic E-state index is 6.29. The van der Waals surface area contributed by atoms with Gasteiger partial charge in [0.1, 0.15) is 5.82 Å². The van der Waals surface area contributed by atoms with Crippen LogP contribution in [0.1, 0.15) is 17.5 Å². The van der Waals surface area contributed by atoms with Crippen LogP contribution in [-0.2, 0) is 13.1 Å². The largest absolute Gasteiger partial charge is 0.353 e. The van der Waals surface area contributed by atoms with E-state index in [-0.39, 0.29) is 0 Å². The first-order valence-corrected chi connectivity index (χ1v) is 10.5. The van der Waals surface area contributed by atoms with Crippen LogP contribution in [0.15, 0.2) is 66.3 Å². The summed E-state index contributed by atoms with van der Waals surface area (Å²) in [7, 11) is 1.80. The molecule has 2 N–H and O–H groups in total. The zero-order valence-electron chi connectivity index (χ0n) is 17.0. The fraction of sp³-hybridized carbons (Fsp3) is 0.318. The number of benzene rings is 1. The number of hydrogen-bond donors (Lipinski definition) is 2. The predicted octanol–water partition coefficient (Wildman–Crippen LogP) is 2.92. The molecule has 30 heavy (non-hydrogen) atoms. The lowest BCUT2D eigenvalue weighted by molar-refractivity contribution is 0.648. The highest BCUT2D eigenvalue weighted by molar-refractivity contribution is 6.32. The summed E-state index contributed by atoms with van der Waals surface area (Å²) >= 11 is 6.29. The molecule has 0 spiro atoms. The summed E-state index contributed by atoms with van der Waals surface area (Å²) in [5.74, 6) is 1.65. The van der Waals surface area contributed by atoms with Gasteiger partial charge in [-0.3, -0.25) is 4.99 Å². The first-order valence-electron chi connectivity index (χ1n) is 10.1. The third kappa shape index (κ3) is 5.10. The van der Waals surface area contributed by atoms with E-state index in [1.807, 2.05) is 24.7 Å². The number of nitrogens with zero attached hydrogens (tertiary/aromatic N) is 5. The third-order valence-electron chi connectivity index (χ3n) is 5.17. The number of guanidine groups is 1. The van der Waals surface area contributed by atoms with Crippen LogP contribution in [0.2, 0.25) is 5.02 Å². The molecule has 1 fully saturated rings. The van der Waals surface area contributed by atoms with E-state index in [0.29, 0.717) is 17.6 Å². The monoisotopic (exact) mass is 423 g/mol. The summed E-state index contributed by atoms with van der Waals surface area (Å²) in [6.07, 6.45) is 8.39. The average molecular weight is 424 g/mol. The summed E-state index contributed by atoms with van der Waals surface area (Å²) in [6, 6.07) is 12.6. The molecule has 0 saturated carbocycles. The molecule has 0 radical (unpaired) electrons. The molecular weight excluding hydrogens is 398 g/mol. The highest BCUT2D eigenvalue weighted by atomic mass is 35.5. The molecule has 0 bridgehead atoms. The molecule has 3 heterocycles. The Kier molecular flexibility index (Phi) is 6.49. The highest BCUT2D eigenvalue weighted by Crippen LogP contribution is 2.25. The molecule has 3 aromatic rings. The van der Waals surface area contributed by atoms with E-state index < -0.39 is 0 Å². The predicted molar refractivity (Wildman–Crippen MR) is 121 cm³/mol. The third-order valence-corrected chi connectivity index (χ3v) is 5.46. The van der Waals surface area contributed by atoms with Crippen LogP contribution in [0.25, 0.3) is 0 Å². The number of aliphatic imine (C=N–C) groups is 1. The Balaban J connectivity index is 1.30. The number of nitrogens with one attached hydrogen (secondary N) is 2. The number of halogens is 1. The van der Waals surface area contributed by atoms with Gasteiger partial charge in [0.25, 0.3) is 0 Å². The normalized spacial score (nSPS) is 16.7. The van der Waals surface area contributed by atoms with Gasteiger partial charge >= 0.3 is 0 Å². The molecular formula is C22H26ClN7. The van der Waals surface area contributed by atoms with Gasteiger partial charge in [0.05, 0.1) is 11.3 Å². The molecule has 1 saturated heterocycles. The van der Waals surface area contributed by atoms with Crippen molar-refractivity contribution in [3.8, 4) is 0 Å². The second-order valence-electron chi connectivity index (χ2n) is 7.37. The zero-order valence-corrected chi connectivity index (χ0v) is 17.8. The summed E-state index contributed by atoms with van der Waals surface area (Å²) in [6.45, 7) is 3.29. The van der Waals surface area contributed by atoms with Gasteiger partial charge in [0.15, 0.2) is 5.96 Å². The van der Waals surface area contributed by atoms with Crippen molar-refractivity contribution < 1.29 is 0 Å². The van der Waals surface area contributed by atoms with E-state index in [2.05, 4.69) is 59.3 Å². The minimum absolute atomic E-state index is 0.293. The van der Waals surface area contributed by atoms with Crippen molar-refractivity contribution in [1.29, 1.82) is 0 Å².